The van der Waals surface area contributed by atoms with E-state index >= 15 is 0 Å². The zero-order valence-electron chi connectivity index (χ0n) is 12.3. The fourth-order valence-electron chi connectivity index (χ4n) is 2.98. The molecule has 0 saturated heterocycles. The largest absolute Gasteiger partial charge is 0.481 e. The second kappa shape index (κ2) is 4.86. The van der Waals surface area contributed by atoms with Gasteiger partial charge >= 0.3 is 0 Å². The van der Waals surface area contributed by atoms with Crippen LogP contribution in [0, 0.1) is 5.92 Å². The van der Waals surface area contributed by atoms with Gasteiger partial charge in [-0.3, -0.25) is 4.79 Å². The lowest BCUT2D eigenvalue weighted by Gasteiger charge is -2.30. The molecule has 1 aromatic carbocycles. The van der Waals surface area contributed by atoms with Crippen LogP contribution in [-0.2, 0) is 15.9 Å². The smallest absolute Gasteiger partial charge is 0.207 e. The van der Waals surface area contributed by atoms with Crippen molar-refractivity contribution in [3.05, 3.63) is 28.8 Å². The average molecular weight is 276 g/mol. The van der Waals surface area contributed by atoms with Crippen LogP contribution in [-0.4, -0.2) is 25.1 Å². The maximum Gasteiger partial charge on any atom is 0.207 e. The van der Waals surface area contributed by atoms with E-state index in [0.717, 1.165) is 17.5 Å². The third-order valence-electron chi connectivity index (χ3n) is 3.97. The molecule has 108 valence electrons. The number of carbonyl (C=O) groups is 1. The summed E-state index contributed by atoms with van der Waals surface area (Å²) >= 11 is 0. The van der Waals surface area contributed by atoms with Crippen LogP contribution >= 0.6 is 0 Å². The number of hydrogen-bond donors (Lipinski definition) is 0. The summed E-state index contributed by atoms with van der Waals surface area (Å²) in [4.78, 5) is 12.4. The summed E-state index contributed by atoms with van der Waals surface area (Å²) in [5.74, 6) is 0.867. The van der Waals surface area contributed by atoms with Crippen LogP contribution in [0.5, 0.6) is 5.75 Å². The van der Waals surface area contributed by atoms with Crippen LogP contribution < -0.4 is 4.74 Å². The van der Waals surface area contributed by atoms with Crippen LogP contribution in [0.25, 0.3) is 0 Å². The Hall–Kier alpha value is -1.39. The van der Waals surface area contributed by atoms with Crippen LogP contribution in [0.2, 0.25) is 0 Å². The van der Waals surface area contributed by atoms with Gasteiger partial charge in [-0.1, -0.05) is 19.9 Å². The van der Waals surface area contributed by atoms with Crippen molar-refractivity contribution in [2.45, 2.75) is 45.7 Å². The number of Topliss-reactive ketones (excluding diaryl/α,β-unsaturated/α-hetero) is 1. The Labute approximate surface area is 119 Å². The van der Waals surface area contributed by atoms with Crippen LogP contribution in [0.1, 0.15) is 48.5 Å². The number of benzene rings is 1. The van der Waals surface area contributed by atoms with Crippen molar-refractivity contribution in [3.8, 4) is 5.75 Å². The summed E-state index contributed by atoms with van der Waals surface area (Å²) in [5, 5.41) is 0. The highest BCUT2D eigenvalue weighted by molar-refractivity contribution is 6.05. The molecule has 3 atom stereocenters. The molecule has 0 aliphatic carbocycles. The summed E-state index contributed by atoms with van der Waals surface area (Å²) in [5.41, 5.74) is 2.69. The van der Waals surface area contributed by atoms with Crippen LogP contribution in [0.3, 0.4) is 0 Å². The molecule has 20 heavy (non-hydrogen) atoms. The Balaban J connectivity index is 2.10. The topological polar surface area (TPSA) is 44.8 Å². The molecule has 3 rings (SSSR count). The van der Waals surface area contributed by atoms with E-state index in [4.69, 9.17) is 14.2 Å². The van der Waals surface area contributed by atoms with E-state index < -0.39 is 12.4 Å². The van der Waals surface area contributed by atoms with Crippen molar-refractivity contribution in [1.82, 2.24) is 0 Å². The predicted molar refractivity (Wildman–Crippen MR) is 74.0 cm³/mol. The molecule has 4 heteroatoms. The second-order valence-electron chi connectivity index (χ2n) is 5.88. The van der Waals surface area contributed by atoms with Gasteiger partial charge in [0.25, 0.3) is 0 Å². The molecule has 1 unspecified atom stereocenters. The van der Waals surface area contributed by atoms with Gasteiger partial charge in [-0.15, -0.1) is 0 Å². The molecular formula is C16H20O4. The van der Waals surface area contributed by atoms with Gasteiger partial charge in [0.05, 0.1) is 17.2 Å². The summed E-state index contributed by atoms with van der Waals surface area (Å²) in [6.07, 6.45) is 0.0612. The summed E-state index contributed by atoms with van der Waals surface area (Å²) < 4.78 is 17.2. The van der Waals surface area contributed by atoms with Gasteiger partial charge in [0.2, 0.25) is 5.78 Å². The highest BCUT2D eigenvalue weighted by atomic mass is 16.7. The van der Waals surface area contributed by atoms with Gasteiger partial charge in [0.15, 0.2) is 12.4 Å². The first kappa shape index (κ1) is 13.6. The molecule has 0 aromatic heterocycles. The fourth-order valence-corrected chi connectivity index (χ4v) is 2.98. The molecule has 2 aliphatic heterocycles. The lowest BCUT2D eigenvalue weighted by molar-refractivity contribution is -0.164. The minimum absolute atomic E-state index is 0.0614. The number of hydrogen-bond acceptors (Lipinski definition) is 4. The maximum atomic E-state index is 12.4. The molecule has 0 spiro atoms. The molecule has 0 saturated carbocycles. The van der Waals surface area contributed by atoms with Gasteiger partial charge < -0.3 is 14.2 Å². The van der Waals surface area contributed by atoms with Gasteiger partial charge in [-0.2, -0.15) is 0 Å². The molecule has 0 N–H and O–H groups in total. The van der Waals surface area contributed by atoms with E-state index in [1.54, 1.807) is 7.11 Å². The lowest BCUT2D eigenvalue weighted by Crippen LogP contribution is -2.27. The lowest BCUT2D eigenvalue weighted by atomic mass is 9.93. The van der Waals surface area contributed by atoms with E-state index in [0.29, 0.717) is 11.3 Å². The average Bonchev–Trinajstić information content (AvgIpc) is 2.75. The number of methoxy groups -OCH3 is 1. The predicted octanol–water partition coefficient (Wildman–Crippen LogP) is 2.89. The van der Waals surface area contributed by atoms with Crippen LogP contribution in [0.4, 0.5) is 0 Å². The maximum absolute atomic E-state index is 12.4. The minimum atomic E-state index is -0.456. The molecule has 1 aromatic rings. The Morgan fingerprint density at radius 2 is 2.10 bits per heavy atom. The number of rotatable bonds is 2. The Morgan fingerprint density at radius 1 is 1.35 bits per heavy atom. The molecular weight excluding hydrogens is 256 g/mol. The normalized spacial score (nSPS) is 28.2. The quantitative estimate of drug-likeness (QED) is 0.833. The molecule has 0 amide bonds. The Bertz CT molecular complexity index is 550. The molecule has 0 fully saturated rings. The molecule has 0 bridgehead atoms. The van der Waals surface area contributed by atoms with Gasteiger partial charge in [0, 0.05) is 7.11 Å². The summed E-state index contributed by atoms with van der Waals surface area (Å²) in [6, 6.07) is 3.88. The van der Waals surface area contributed by atoms with Gasteiger partial charge in [-0.25, -0.2) is 0 Å². The Morgan fingerprint density at radius 3 is 2.75 bits per heavy atom. The SMILES string of the molecule is CO[C@@H]1O[C@@H](C)Cc2ccc3c(c21)OC(C(C)C)C3=O. The first-order valence-electron chi connectivity index (χ1n) is 7.07. The van der Waals surface area contributed by atoms with E-state index in [-0.39, 0.29) is 17.8 Å². The van der Waals surface area contributed by atoms with Gasteiger partial charge in [-0.05, 0) is 30.9 Å². The standard InChI is InChI=1S/C16H20O4/c1-8(2)14-13(17)11-6-5-10-7-9(3)19-16(18-4)12(10)15(11)20-14/h5-6,8-9,14,16H,7H2,1-4H3/t9-,14?,16+/m0/s1. The van der Waals surface area contributed by atoms with E-state index in [1.165, 1.54) is 0 Å². The van der Waals surface area contributed by atoms with Gasteiger partial charge in [0.1, 0.15) is 5.75 Å². The zero-order valence-corrected chi connectivity index (χ0v) is 12.3. The van der Waals surface area contributed by atoms with Crippen molar-refractivity contribution in [3.63, 3.8) is 0 Å². The van der Waals surface area contributed by atoms with E-state index in [1.807, 2.05) is 32.9 Å². The van der Waals surface area contributed by atoms with Crippen molar-refractivity contribution >= 4 is 5.78 Å². The van der Waals surface area contributed by atoms with Crippen molar-refractivity contribution in [1.29, 1.82) is 0 Å². The fraction of sp³-hybridized carbons (Fsp3) is 0.562. The Kier molecular flexibility index (Phi) is 3.30. The third kappa shape index (κ3) is 1.95. The van der Waals surface area contributed by atoms with Crippen molar-refractivity contribution in [2.75, 3.05) is 7.11 Å². The summed E-state index contributed by atoms with van der Waals surface area (Å²) in [7, 11) is 1.61. The van der Waals surface area contributed by atoms with Crippen molar-refractivity contribution < 1.29 is 19.0 Å². The second-order valence-corrected chi connectivity index (χ2v) is 5.88. The van der Waals surface area contributed by atoms with E-state index in [2.05, 4.69) is 0 Å². The molecule has 0 radical (unpaired) electrons. The molecule has 4 nitrogen and oxygen atoms in total. The first-order valence-corrected chi connectivity index (χ1v) is 7.07. The van der Waals surface area contributed by atoms with E-state index in [9.17, 15) is 4.79 Å². The number of carbonyl (C=O) groups excluding carboxylic acids is 1. The third-order valence-corrected chi connectivity index (χ3v) is 3.97. The number of ether oxygens (including phenoxy) is 3. The highest BCUT2D eigenvalue weighted by Gasteiger charge is 2.40. The van der Waals surface area contributed by atoms with Crippen molar-refractivity contribution in [2.24, 2.45) is 5.92 Å². The highest BCUT2D eigenvalue weighted by Crippen LogP contribution is 2.43. The molecule has 2 aliphatic rings. The monoisotopic (exact) mass is 276 g/mol. The zero-order chi connectivity index (χ0) is 14.4. The van der Waals surface area contributed by atoms with Crippen LogP contribution in [0.15, 0.2) is 12.1 Å². The molecule has 2 heterocycles. The summed E-state index contributed by atoms with van der Waals surface area (Å²) in [6.45, 7) is 6.01. The first-order chi connectivity index (χ1) is 9.52. The minimum Gasteiger partial charge on any atom is -0.481 e. The number of fused-ring (bicyclic) bond motifs is 3. The number of ketones is 1.